The third-order valence-electron chi connectivity index (χ3n) is 6.92. The van der Waals surface area contributed by atoms with Gasteiger partial charge in [0, 0.05) is 31.8 Å². The van der Waals surface area contributed by atoms with Crippen molar-refractivity contribution in [1.29, 1.82) is 0 Å². The number of rotatable bonds is 8. The monoisotopic (exact) mass is 525 g/mol. The number of aromatic nitrogens is 2. The highest BCUT2D eigenvalue weighted by molar-refractivity contribution is 5.94. The normalized spacial score (nSPS) is 24.1. The number of hydrogen-bond acceptors (Lipinski definition) is 6. The number of carbonyl (C=O) groups is 4. The lowest BCUT2D eigenvalue weighted by atomic mass is 9.95. The first kappa shape index (κ1) is 28.9. The van der Waals surface area contributed by atoms with Crippen molar-refractivity contribution in [3.8, 4) is 0 Å². The van der Waals surface area contributed by atoms with Crippen molar-refractivity contribution in [2.75, 3.05) is 0 Å². The van der Waals surface area contributed by atoms with Gasteiger partial charge in [-0.3, -0.25) is 14.4 Å². The average Bonchev–Trinajstić information content (AvgIpc) is 3.30. The molecule has 3 N–H and O–H groups in total. The molecule has 3 rings (SSSR count). The van der Waals surface area contributed by atoms with Crippen LogP contribution in [0.25, 0.3) is 0 Å². The van der Waals surface area contributed by atoms with Gasteiger partial charge in [-0.15, -0.1) is 0 Å². The van der Waals surface area contributed by atoms with Crippen molar-refractivity contribution in [2.45, 2.75) is 83.5 Å². The molecule has 10 heteroatoms. The predicted octanol–water partition coefficient (Wildman–Crippen LogP) is 1.82. The van der Waals surface area contributed by atoms with E-state index in [4.69, 9.17) is 4.74 Å². The summed E-state index contributed by atoms with van der Waals surface area (Å²) in [5.74, 6) is -2.11. The third kappa shape index (κ3) is 8.16. The maximum absolute atomic E-state index is 13.4. The van der Waals surface area contributed by atoms with Crippen LogP contribution < -0.4 is 16.0 Å². The first-order chi connectivity index (χ1) is 18.2. The van der Waals surface area contributed by atoms with Crippen molar-refractivity contribution in [1.82, 2.24) is 25.5 Å². The number of hydrogen-bond donors (Lipinski definition) is 3. The molecular weight excluding hydrogens is 486 g/mol. The predicted molar refractivity (Wildman–Crippen MR) is 142 cm³/mol. The van der Waals surface area contributed by atoms with Crippen LogP contribution in [0.1, 0.15) is 57.7 Å². The molecule has 1 saturated heterocycles. The number of nitrogens with zero attached hydrogens (tertiary/aromatic N) is 2. The number of esters is 1. The van der Waals surface area contributed by atoms with Crippen LogP contribution in [0.2, 0.25) is 0 Å². The van der Waals surface area contributed by atoms with E-state index in [-0.39, 0.29) is 25.2 Å². The molecule has 0 spiro atoms. The smallest absolute Gasteiger partial charge is 0.329 e. The van der Waals surface area contributed by atoms with Gasteiger partial charge in [-0.25, -0.2) is 9.78 Å². The summed E-state index contributed by atoms with van der Waals surface area (Å²) < 4.78 is 7.67. The van der Waals surface area contributed by atoms with Gasteiger partial charge >= 0.3 is 5.97 Å². The molecule has 1 aromatic heterocycles. The summed E-state index contributed by atoms with van der Waals surface area (Å²) >= 11 is 0. The molecule has 1 aromatic carbocycles. The Kier molecular flexibility index (Phi) is 10.4. The summed E-state index contributed by atoms with van der Waals surface area (Å²) in [6.45, 7) is 5.56. The lowest BCUT2D eigenvalue weighted by Crippen LogP contribution is -2.55. The SMILES string of the molecule is CCCC[C@H](C)[C@@H]1CC(=O)N[C@@H](Cc2ccccc2)C(=O)N[C@@H](C)C(=O)N[C@@H](Cc2cncn2C)C(=O)O1. The van der Waals surface area contributed by atoms with E-state index in [1.165, 1.54) is 6.92 Å². The number of unbranched alkanes of at least 4 members (excludes halogenated alkanes) is 1. The summed E-state index contributed by atoms with van der Waals surface area (Å²) in [4.78, 5) is 56.9. The number of amides is 3. The van der Waals surface area contributed by atoms with Gasteiger partial charge in [0.1, 0.15) is 24.2 Å². The first-order valence-corrected chi connectivity index (χ1v) is 13.3. The zero-order valence-electron chi connectivity index (χ0n) is 22.6. The van der Waals surface area contributed by atoms with Crippen molar-refractivity contribution in [2.24, 2.45) is 13.0 Å². The molecule has 1 aliphatic rings. The van der Waals surface area contributed by atoms with E-state index in [9.17, 15) is 19.2 Å². The van der Waals surface area contributed by atoms with Crippen LogP contribution in [0.15, 0.2) is 42.9 Å². The lowest BCUT2D eigenvalue weighted by molar-refractivity contribution is -0.157. The average molecular weight is 526 g/mol. The zero-order valence-corrected chi connectivity index (χ0v) is 22.6. The van der Waals surface area contributed by atoms with Gasteiger partial charge < -0.3 is 25.3 Å². The first-order valence-electron chi connectivity index (χ1n) is 13.3. The van der Waals surface area contributed by atoms with Gasteiger partial charge in [-0.2, -0.15) is 0 Å². The second-order valence-electron chi connectivity index (χ2n) is 10.1. The quantitative estimate of drug-likeness (QED) is 0.451. The molecule has 3 amide bonds. The Balaban J connectivity index is 1.90. The number of carbonyl (C=O) groups excluding carboxylic acids is 4. The van der Waals surface area contributed by atoms with Crippen LogP contribution in [-0.4, -0.2) is 57.5 Å². The molecule has 10 nitrogen and oxygen atoms in total. The van der Waals surface area contributed by atoms with E-state index in [2.05, 4.69) is 27.9 Å². The highest BCUT2D eigenvalue weighted by Crippen LogP contribution is 2.20. The summed E-state index contributed by atoms with van der Waals surface area (Å²) in [5, 5.41) is 8.25. The zero-order chi connectivity index (χ0) is 27.7. The van der Waals surface area contributed by atoms with Gasteiger partial charge in [0.2, 0.25) is 17.7 Å². The van der Waals surface area contributed by atoms with Crippen molar-refractivity contribution in [3.05, 3.63) is 54.1 Å². The number of imidazole rings is 1. The molecule has 1 aliphatic heterocycles. The van der Waals surface area contributed by atoms with Gasteiger partial charge in [0.25, 0.3) is 0 Å². The highest BCUT2D eigenvalue weighted by Gasteiger charge is 2.34. The topological polar surface area (TPSA) is 131 Å². The van der Waals surface area contributed by atoms with E-state index >= 15 is 0 Å². The fourth-order valence-electron chi connectivity index (χ4n) is 4.46. The maximum Gasteiger partial charge on any atom is 0.329 e. The van der Waals surface area contributed by atoms with E-state index < -0.39 is 47.9 Å². The van der Waals surface area contributed by atoms with Gasteiger partial charge in [-0.05, 0) is 24.8 Å². The summed E-state index contributed by atoms with van der Waals surface area (Å²) in [5.41, 5.74) is 1.59. The van der Waals surface area contributed by atoms with E-state index in [0.29, 0.717) is 0 Å². The minimum absolute atomic E-state index is 0.0862. The van der Waals surface area contributed by atoms with Gasteiger partial charge in [-0.1, -0.05) is 57.0 Å². The highest BCUT2D eigenvalue weighted by atomic mass is 16.5. The second kappa shape index (κ2) is 13.7. The molecule has 0 aliphatic carbocycles. The third-order valence-corrected chi connectivity index (χ3v) is 6.92. The molecular formula is C28H39N5O5. The molecule has 2 heterocycles. The van der Waals surface area contributed by atoms with E-state index in [1.807, 2.05) is 37.3 Å². The Bertz CT molecular complexity index is 1100. The Morgan fingerprint density at radius 2 is 1.76 bits per heavy atom. The number of ether oxygens (including phenoxy) is 1. The van der Waals surface area contributed by atoms with Crippen LogP contribution in [0.5, 0.6) is 0 Å². The Hall–Kier alpha value is -3.69. The number of nitrogens with one attached hydrogen (secondary N) is 3. The summed E-state index contributed by atoms with van der Waals surface area (Å²) in [7, 11) is 1.80. The molecule has 0 unspecified atom stereocenters. The van der Waals surface area contributed by atoms with E-state index in [0.717, 1.165) is 30.5 Å². The number of benzene rings is 1. The van der Waals surface area contributed by atoms with Crippen molar-refractivity contribution < 1.29 is 23.9 Å². The largest absolute Gasteiger partial charge is 0.460 e. The number of cyclic esters (lactones) is 1. The number of aryl methyl sites for hydroxylation is 1. The molecule has 0 radical (unpaired) electrons. The van der Waals surface area contributed by atoms with Crippen LogP contribution in [0.4, 0.5) is 0 Å². The molecule has 5 atom stereocenters. The fraction of sp³-hybridized carbons (Fsp3) is 0.536. The molecule has 1 fully saturated rings. The summed E-state index contributed by atoms with van der Waals surface area (Å²) in [6.07, 6.45) is 5.50. The Labute approximate surface area is 223 Å². The lowest BCUT2D eigenvalue weighted by Gasteiger charge is -2.27. The van der Waals surface area contributed by atoms with Crippen LogP contribution >= 0.6 is 0 Å². The van der Waals surface area contributed by atoms with Crippen LogP contribution in [0.3, 0.4) is 0 Å². The van der Waals surface area contributed by atoms with Gasteiger partial charge in [0.15, 0.2) is 0 Å². The second-order valence-corrected chi connectivity index (χ2v) is 10.1. The Morgan fingerprint density at radius 1 is 1.03 bits per heavy atom. The standard InChI is InChI=1S/C28H39N5O5/c1-5-6-10-18(2)24-15-25(34)31-22(13-20-11-8-7-9-12-20)27(36)30-19(3)26(35)32-23(28(37)38-24)14-21-16-29-17-33(21)4/h7-9,11-12,16-19,22-24H,5-6,10,13-15H2,1-4H3,(H,30,36)(H,31,34)(H,32,35)/t18-,19-,22-,23-,24-/m0/s1. The molecule has 0 saturated carbocycles. The maximum atomic E-state index is 13.4. The van der Waals surface area contributed by atoms with Crippen LogP contribution in [0, 0.1) is 5.92 Å². The Morgan fingerprint density at radius 3 is 2.42 bits per heavy atom. The minimum atomic E-state index is -1.01. The molecule has 2 aromatic rings. The fourth-order valence-corrected chi connectivity index (χ4v) is 4.46. The van der Waals surface area contributed by atoms with Crippen molar-refractivity contribution in [3.63, 3.8) is 0 Å². The van der Waals surface area contributed by atoms with Gasteiger partial charge in [0.05, 0.1) is 12.7 Å². The van der Waals surface area contributed by atoms with E-state index in [1.54, 1.807) is 24.1 Å². The molecule has 38 heavy (non-hydrogen) atoms. The molecule has 0 bridgehead atoms. The van der Waals surface area contributed by atoms with Crippen molar-refractivity contribution >= 4 is 23.7 Å². The summed E-state index contributed by atoms with van der Waals surface area (Å²) in [6, 6.07) is 6.48. The van der Waals surface area contributed by atoms with Crippen LogP contribution in [-0.2, 0) is 43.8 Å². The minimum Gasteiger partial charge on any atom is -0.460 e. The molecule has 206 valence electrons.